The summed E-state index contributed by atoms with van der Waals surface area (Å²) in [7, 11) is 0. The lowest BCUT2D eigenvalue weighted by Gasteiger charge is -1.99. The second kappa shape index (κ2) is 6.50. The Morgan fingerprint density at radius 1 is 1.11 bits per heavy atom. The van der Waals surface area contributed by atoms with Gasteiger partial charge in [0.1, 0.15) is 0 Å². The van der Waals surface area contributed by atoms with Crippen molar-refractivity contribution >= 4 is 39.7 Å². The van der Waals surface area contributed by atoms with Crippen molar-refractivity contribution in [1.82, 2.24) is 5.43 Å². The molecular formula is C14H10BrClN2O. The topological polar surface area (TPSA) is 41.5 Å². The van der Waals surface area contributed by atoms with Crippen LogP contribution in [0, 0.1) is 0 Å². The third kappa shape index (κ3) is 4.19. The molecule has 1 N–H and O–H groups in total. The van der Waals surface area contributed by atoms with Crippen LogP contribution in [-0.2, 0) is 0 Å². The molecule has 19 heavy (non-hydrogen) atoms. The van der Waals surface area contributed by atoms with E-state index in [2.05, 4.69) is 26.5 Å². The molecule has 0 aliphatic heterocycles. The molecule has 5 heteroatoms. The van der Waals surface area contributed by atoms with E-state index in [1.54, 1.807) is 30.5 Å². The van der Waals surface area contributed by atoms with Gasteiger partial charge in [0.2, 0.25) is 0 Å². The van der Waals surface area contributed by atoms with Gasteiger partial charge in [0, 0.05) is 15.1 Å². The average Bonchev–Trinajstić information content (AvgIpc) is 2.41. The number of halogens is 2. The van der Waals surface area contributed by atoms with Crippen molar-refractivity contribution in [2.75, 3.05) is 0 Å². The van der Waals surface area contributed by atoms with Gasteiger partial charge in [-0.15, -0.1) is 0 Å². The van der Waals surface area contributed by atoms with Crippen molar-refractivity contribution in [3.63, 3.8) is 0 Å². The summed E-state index contributed by atoms with van der Waals surface area (Å²) in [4.78, 5) is 11.7. The number of nitrogens with zero attached hydrogens (tertiary/aromatic N) is 1. The third-order valence-corrected chi connectivity index (χ3v) is 3.14. The Morgan fingerprint density at radius 2 is 1.74 bits per heavy atom. The largest absolute Gasteiger partial charge is 0.271 e. The molecule has 1 amide bonds. The molecule has 0 saturated heterocycles. The van der Waals surface area contributed by atoms with Crippen molar-refractivity contribution in [3.05, 3.63) is 69.2 Å². The molecule has 96 valence electrons. The van der Waals surface area contributed by atoms with Crippen molar-refractivity contribution in [1.29, 1.82) is 0 Å². The first-order chi connectivity index (χ1) is 9.15. The van der Waals surface area contributed by atoms with E-state index in [1.165, 1.54) is 0 Å². The monoisotopic (exact) mass is 336 g/mol. The normalized spacial score (nSPS) is 10.6. The molecular weight excluding hydrogens is 328 g/mol. The van der Waals surface area contributed by atoms with Crippen molar-refractivity contribution < 1.29 is 4.79 Å². The van der Waals surface area contributed by atoms with Gasteiger partial charge in [0.15, 0.2) is 0 Å². The molecule has 2 rings (SSSR count). The summed E-state index contributed by atoms with van der Waals surface area (Å²) >= 11 is 9.10. The first kappa shape index (κ1) is 13.8. The number of amides is 1. The lowest BCUT2D eigenvalue weighted by atomic mass is 10.2. The van der Waals surface area contributed by atoms with Crippen molar-refractivity contribution in [2.24, 2.45) is 5.10 Å². The zero-order valence-corrected chi connectivity index (χ0v) is 12.1. The highest BCUT2D eigenvalue weighted by atomic mass is 79.9. The zero-order chi connectivity index (χ0) is 13.7. The third-order valence-electron chi connectivity index (χ3n) is 2.36. The van der Waals surface area contributed by atoms with Crippen LogP contribution in [0.2, 0.25) is 5.02 Å². The summed E-state index contributed by atoms with van der Waals surface area (Å²) in [6, 6.07) is 14.2. The zero-order valence-electron chi connectivity index (χ0n) is 9.81. The SMILES string of the molecule is O=C(N/N=C/c1ccc(Br)cc1)c1ccc(Cl)cc1. The Morgan fingerprint density at radius 3 is 2.37 bits per heavy atom. The lowest BCUT2D eigenvalue weighted by molar-refractivity contribution is 0.0955. The van der Waals surface area contributed by atoms with Gasteiger partial charge in [0.25, 0.3) is 5.91 Å². The molecule has 0 fully saturated rings. The standard InChI is InChI=1S/C14H10BrClN2O/c15-12-5-1-10(2-6-12)9-17-18-14(19)11-3-7-13(16)8-4-11/h1-9H,(H,18,19)/b17-9+. The number of nitrogens with one attached hydrogen (secondary N) is 1. The van der Waals surface area contributed by atoms with Crippen LogP contribution in [0.3, 0.4) is 0 Å². The van der Waals surface area contributed by atoms with Crippen LogP contribution >= 0.6 is 27.5 Å². The predicted molar refractivity (Wildman–Crippen MR) is 80.7 cm³/mol. The van der Waals surface area contributed by atoms with E-state index in [4.69, 9.17) is 11.6 Å². The number of hydrazone groups is 1. The first-order valence-electron chi connectivity index (χ1n) is 5.50. The van der Waals surface area contributed by atoms with Crippen LogP contribution in [0.4, 0.5) is 0 Å². The summed E-state index contributed by atoms with van der Waals surface area (Å²) in [6.45, 7) is 0. The Bertz CT molecular complexity index is 594. The van der Waals surface area contributed by atoms with Gasteiger partial charge in [0.05, 0.1) is 6.21 Å². The molecule has 0 atom stereocenters. The van der Waals surface area contributed by atoms with E-state index in [0.29, 0.717) is 10.6 Å². The van der Waals surface area contributed by atoms with E-state index in [-0.39, 0.29) is 5.91 Å². The number of hydrogen-bond donors (Lipinski definition) is 1. The fourth-order valence-corrected chi connectivity index (χ4v) is 1.77. The lowest BCUT2D eigenvalue weighted by Crippen LogP contribution is -2.17. The fraction of sp³-hybridized carbons (Fsp3) is 0. The number of benzene rings is 2. The summed E-state index contributed by atoms with van der Waals surface area (Å²) in [5, 5.41) is 4.49. The molecule has 0 aliphatic carbocycles. The summed E-state index contributed by atoms with van der Waals surface area (Å²) in [6.07, 6.45) is 1.58. The maximum atomic E-state index is 11.7. The Balaban J connectivity index is 1.96. The molecule has 0 spiro atoms. The molecule has 2 aromatic rings. The quantitative estimate of drug-likeness (QED) is 0.670. The van der Waals surface area contributed by atoms with Gasteiger partial charge in [-0.25, -0.2) is 5.43 Å². The molecule has 0 bridgehead atoms. The van der Waals surface area contributed by atoms with E-state index in [9.17, 15) is 4.79 Å². The van der Waals surface area contributed by atoms with E-state index >= 15 is 0 Å². The summed E-state index contributed by atoms with van der Waals surface area (Å²) in [5.74, 6) is -0.273. The molecule has 0 saturated carbocycles. The van der Waals surface area contributed by atoms with Crippen LogP contribution in [-0.4, -0.2) is 12.1 Å². The van der Waals surface area contributed by atoms with E-state index in [0.717, 1.165) is 10.0 Å². The molecule has 3 nitrogen and oxygen atoms in total. The Kier molecular flexibility index (Phi) is 4.71. The van der Waals surface area contributed by atoms with Gasteiger partial charge in [-0.2, -0.15) is 5.10 Å². The number of hydrogen-bond acceptors (Lipinski definition) is 2. The molecule has 0 radical (unpaired) electrons. The molecule has 0 unspecified atom stereocenters. The van der Waals surface area contributed by atoms with Crippen LogP contribution in [0.1, 0.15) is 15.9 Å². The van der Waals surface area contributed by atoms with Gasteiger partial charge in [-0.05, 0) is 42.0 Å². The summed E-state index contributed by atoms with van der Waals surface area (Å²) < 4.78 is 0.995. The maximum absolute atomic E-state index is 11.7. The number of carbonyl (C=O) groups excluding carboxylic acids is 1. The first-order valence-corrected chi connectivity index (χ1v) is 6.67. The molecule has 0 heterocycles. The second-order valence-corrected chi connectivity index (χ2v) is 5.11. The van der Waals surface area contributed by atoms with Crippen LogP contribution in [0.5, 0.6) is 0 Å². The minimum atomic E-state index is -0.273. The number of rotatable bonds is 3. The number of carbonyl (C=O) groups is 1. The minimum Gasteiger partial charge on any atom is -0.267 e. The van der Waals surface area contributed by atoms with Gasteiger partial charge < -0.3 is 0 Å². The minimum absolute atomic E-state index is 0.273. The van der Waals surface area contributed by atoms with E-state index < -0.39 is 0 Å². The van der Waals surface area contributed by atoms with Crippen LogP contribution < -0.4 is 5.43 Å². The highest BCUT2D eigenvalue weighted by Gasteiger charge is 2.02. The summed E-state index contributed by atoms with van der Waals surface area (Å²) in [5.41, 5.74) is 3.87. The second-order valence-electron chi connectivity index (χ2n) is 3.76. The highest BCUT2D eigenvalue weighted by Crippen LogP contribution is 2.10. The van der Waals surface area contributed by atoms with Gasteiger partial charge in [-0.3, -0.25) is 4.79 Å². The van der Waals surface area contributed by atoms with Crippen molar-refractivity contribution in [3.8, 4) is 0 Å². The average molecular weight is 338 g/mol. The van der Waals surface area contributed by atoms with Gasteiger partial charge in [-0.1, -0.05) is 39.7 Å². The smallest absolute Gasteiger partial charge is 0.267 e. The van der Waals surface area contributed by atoms with Crippen LogP contribution in [0.25, 0.3) is 0 Å². The highest BCUT2D eigenvalue weighted by molar-refractivity contribution is 9.10. The van der Waals surface area contributed by atoms with Crippen molar-refractivity contribution in [2.45, 2.75) is 0 Å². The van der Waals surface area contributed by atoms with Crippen LogP contribution in [0.15, 0.2) is 58.1 Å². The Labute approximate surface area is 124 Å². The van der Waals surface area contributed by atoms with E-state index in [1.807, 2.05) is 24.3 Å². The molecule has 0 aromatic heterocycles. The molecule has 2 aromatic carbocycles. The fourth-order valence-electron chi connectivity index (χ4n) is 1.38. The Hall–Kier alpha value is -1.65. The predicted octanol–water partition coefficient (Wildman–Crippen LogP) is 3.87. The molecule has 0 aliphatic rings. The maximum Gasteiger partial charge on any atom is 0.271 e. The van der Waals surface area contributed by atoms with Gasteiger partial charge >= 0.3 is 0 Å².